The quantitative estimate of drug-likeness (QED) is 0.723. The van der Waals surface area contributed by atoms with E-state index in [0.29, 0.717) is 6.04 Å². The lowest BCUT2D eigenvalue weighted by molar-refractivity contribution is 0.411. The van der Waals surface area contributed by atoms with E-state index in [-0.39, 0.29) is 5.82 Å². The van der Waals surface area contributed by atoms with Gasteiger partial charge in [-0.25, -0.2) is 4.39 Å². The number of piperidine rings is 1. The van der Waals surface area contributed by atoms with Crippen LogP contribution in [0, 0.1) is 12.7 Å². The minimum Gasteiger partial charge on any atom is -0.310 e. The maximum Gasteiger partial charge on any atom is 0.123 e. The lowest BCUT2D eigenvalue weighted by Crippen LogP contribution is -2.26. The van der Waals surface area contributed by atoms with Crippen LogP contribution in [0.2, 0.25) is 0 Å². The molecule has 1 aliphatic heterocycles. The molecule has 76 valence electrons. The van der Waals surface area contributed by atoms with Crippen molar-refractivity contribution in [3.8, 4) is 0 Å². The third kappa shape index (κ3) is 2.13. The van der Waals surface area contributed by atoms with Crippen LogP contribution in [0.4, 0.5) is 4.39 Å². The molecule has 0 spiro atoms. The van der Waals surface area contributed by atoms with Crippen molar-refractivity contribution >= 4 is 0 Å². The first-order chi connectivity index (χ1) is 6.75. The van der Waals surface area contributed by atoms with E-state index < -0.39 is 0 Å². The zero-order chi connectivity index (χ0) is 9.97. The van der Waals surface area contributed by atoms with Crippen LogP contribution in [0.3, 0.4) is 0 Å². The summed E-state index contributed by atoms with van der Waals surface area (Å²) in [6.45, 7) is 3.00. The van der Waals surface area contributed by atoms with Crippen molar-refractivity contribution in [3.05, 3.63) is 35.1 Å². The summed E-state index contributed by atoms with van der Waals surface area (Å²) in [5.74, 6) is -0.118. The molecule has 0 bridgehead atoms. The Labute approximate surface area is 84.3 Å². The molecule has 0 unspecified atom stereocenters. The molecular formula is C12H16FN. The van der Waals surface area contributed by atoms with Gasteiger partial charge in [0, 0.05) is 6.04 Å². The Morgan fingerprint density at radius 2 is 2.14 bits per heavy atom. The highest BCUT2D eigenvalue weighted by Crippen LogP contribution is 2.24. The van der Waals surface area contributed by atoms with Crippen molar-refractivity contribution in [2.75, 3.05) is 6.54 Å². The number of aryl methyl sites for hydroxylation is 1. The van der Waals surface area contributed by atoms with Crippen LogP contribution in [0.1, 0.15) is 36.4 Å². The molecule has 1 nitrogen and oxygen atoms in total. The third-order valence-corrected chi connectivity index (χ3v) is 2.78. The topological polar surface area (TPSA) is 12.0 Å². The number of halogens is 1. The van der Waals surface area contributed by atoms with E-state index >= 15 is 0 Å². The van der Waals surface area contributed by atoms with E-state index in [0.717, 1.165) is 24.1 Å². The highest BCUT2D eigenvalue weighted by Gasteiger charge is 2.15. The standard InChI is InChI=1S/C12H16FN/c1-9-6-10(8-11(13)7-9)12-4-2-3-5-14-12/h6-8,12,14H,2-5H2,1H3/t12-/m0/s1. The largest absolute Gasteiger partial charge is 0.310 e. The average Bonchev–Trinajstić information content (AvgIpc) is 2.18. The van der Waals surface area contributed by atoms with Crippen molar-refractivity contribution in [1.82, 2.24) is 5.32 Å². The van der Waals surface area contributed by atoms with Crippen LogP contribution in [-0.4, -0.2) is 6.54 Å². The summed E-state index contributed by atoms with van der Waals surface area (Å²) in [5, 5.41) is 3.42. The second kappa shape index (κ2) is 4.09. The van der Waals surface area contributed by atoms with Gasteiger partial charge in [0.05, 0.1) is 0 Å². The van der Waals surface area contributed by atoms with Gasteiger partial charge in [0.1, 0.15) is 5.82 Å². The molecule has 0 aliphatic carbocycles. The van der Waals surface area contributed by atoms with Gasteiger partial charge in [-0.1, -0.05) is 12.5 Å². The van der Waals surface area contributed by atoms with E-state index in [2.05, 4.69) is 11.4 Å². The van der Waals surface area contributed by atoms with Gasteiger partial charge >= 0.3 is 0 Å². The Balaban J connectivity index is 2.21. The van der Waals surface area contributed by atoms with Crippen LogP contribution < -0.4 is 5.32 Å². The zero-order valence-corrected chi connectivity index (χ0v) is 8.52. The van der Waals surface area contributed by atoms with Gasteiger partial charge in [-0.05, 0) is 49.6 Å². The van der Waals surface area contributed by atoms with Gasteiger partial charge in [-0.2, -0.15) is 0 Å². The van der Waals surface area contributed by atoms with Crippen molar-refractivity contribution in [1.29, 1.82) is 0 Å². The molecule has 1 heterocycles. The van der Waals surface area contributed by atoms with Gasteiger partial charge in [0.25, 0.3) is 0 Å². The first-order valence-corrected chi connectivity index (χ1v) is 5.26. The van der Waals surface area contributed by atoms with Crippen molar-refractivity contribution in [3.63, 3.8) is 0 Å². The van der Waals surface area contributed by atoms with Gasteiger partial charge in [0.2, 0.25) is 0 Å². The van der Waals surface area contributed by atoms with E-state index in [1.165, 1.54) is 12.8 Å². The minimum atomic E-state index is -0.118. The van der Waals surface area contributed by atoms with Crippen molar-refractivity contribution < 1.29 is 4.39 Å². The Morgan fingerprint density at radius 3 is 2.79 bits per heavy atom. The number of rotatable bonds is 1. The fourth-order valence-electron chi connectivity index (χ4n) is 2.10. The van der Waals surface area contributed by atoms with Crippen LogP contribution in [0.5, 0.6) is 0 Å². The SMILES string of the molecule is Cc1cc(F)cc([C@@H]2CCCCN2)c1. The fraction of sp³-hybridized carbons (Fsp3) is 0.500. The summed E-state index contributed by atoms with van der Waals surface area (Å²) in [7, 11) is 0. The summed E-state index contributed by atoms with van der Waals surface area (Å²) in [5.41, 5.74) is 2.11. The third-order valence-electron chi connectivity index (χ3n) is 2.78. The molecule has 0 aromatic heterocycles. The van der Waals surface area contributed by atoms with Crippen LogP contribution in [-0.2, 0) is 0 Å². The summed E-state index contributed by atoms with van der Waals surface area (Å²) in [6.07, 6.45) is 3.61. The maximum absolute atomic E-state index is 13.2. The molecule has 0 saturated carbocycles. The van der Waals surface area contributed by atoms with Crippen molar-refractivity contribution in [2.24, 2.45) is 0 Å². The lowest BCUT2D eigenvalue weighted by Gasteiger charge is -2.24. The Kier molecular flexibility index (Phi) is 2.82. The molecule has 1 saturated heterocycles. The fourth-order valence-corrected chi connectivity index (χ4v) is 2.10. The molecule has 1 N–H and O–H groups in total. The summed E-state index contributed by atoms with van der Waals surface area (Å²) in [6, 6.07) is 5.66. The number of benzene rings is 1. The summed E-state index contributed by atoms with van der Waals surface area (Å²) >= 11 is 0. The van der Waals surface area contributed by atoms with E-state index in [1.807, 2.05) is 6.92 Å². The molecule has 1 aromatic rings. The van der Waals surface area contributed by atoms with Gasteiger partial charge in [0.15, 0.2) is 0 Å². The maximum atomic E-state index is 13.2. The number of hydrogen-bond donors (Lipinski definition) is 1. The van der Waals surface area contributed by atoms with Crippen LogP contribution in [0.15, 0.2) is 18.2 Å². The predicted molar refractivity (Wildman–Crippen MR) is 55.7 cm³/mol. The second-order valence-corrected chi connectivity index (χ2v) is 4.06. The molecule has 0 radical (unpaired) electrons. The Hall–Kier alpha value is -0.890. The van der Waals surface area contributed by atoms with Crippen molar-refractivity contribution in [2.45, 2.75) is 32.2 Å². The predicted octanol–water partition coefficient (Wildman–Crippen LogP) is 2.95. The van der Waals surface area contributed by atoms with Gasteiger partial charge in [-0.15, -0.1) is 0 Å². The molecular weight excluding hydrogens is 177 g/mol. The van der Waals surface area contributed by atoms with E-state index in [4.69, 9.17) is 0 Å². The average molecular weight is 193 g/mol. The summed E-state index contributed by atoms with van der Waals surface area (Å²) < 4.78 is 13.2. The first kappa shape index (κ1) is 9.66. The molecule has 0 amide bonds. The van der Waals surface area contributed by atoms with Crippen LogP contribution in [0.25, 0.3) is 0 Å². The second-order valence-electron chi connectivity index (χ2n) is 4.06. The smallest absolute Gasteiger partial charge is 0.123 e. The molecule has 2 heteroatoms. The lowest BCUT2D eigenvalue weighted by atomic mass is 9.96. The summed E-state index contributed by atoms with van der Waals surface area (Å²) in [4.78, 5) is 0. The molecule has 1 fully saturated rings. The Bertz CT molecular complexity index is 296. The molecule has 1 aliphatic rings. The molecule has 1 atom stereocenters. The van der Waals surface area contributed by atoms with Gasteiger partial charge < -0.3 is 5.32 Å². The molecule has 2 rings (SSSR count). The zero-order valence-electron chi connectivity index (χ0n) is 8.52. The van der Waals surface area contributed by atoms with Crippen LogP contribution >= 0.6 is 0 Å². The van der Waals surface area contributed by atoms with E-state index in [1.54, 1.807) is 12.1 Å². The van der Waals surface area contributed by atoms with E-state index in [9.17, 15) is 4.39 Å². The molecule has 14 heavy (non-hydrogen) atoms. The number of hydrogen-bond acceptors (Lipinski definition) is 1. The highest BCUT2D eigenvalue weighted by atomic mass is 19.1. The highest BCUT2D eigenvalue weighted by molar-refractivity contribution is 5.26. The van der Waals surface area contributed by atoms with Gasteiger partial charge in [-0.3, -0.25) is 0 Å². The Morgan fingerprint density at radius 1 is 1.29 bits per heavy atom. The first-order valence-electron chi connectivity index (χ1n) is 5.26. The minimum absolute atomic E-state index is 0.118. The monoisotopic (exact) mass is 193 g/mol. The molecule has 1 aromatic carbocycles. The number of nitrogens with one attached hydrogen (secondary N) is 1. The normalized spacial score (nSPS) is 22.3.